The molecule has 2 N–H and O–H groups in total. The third-order valence-electron chi connectivity index (χ3n) is 6.20. The van der Waals surface area contributed by atoms with Crippen LogP contribution >= 0.6 is 0 Å². The summed E-state index contributed by atoms with van der Waals surface area (Å²) in [6.45, 7) is -0.719. The summed E-state index contributed by atoms with van der Waals surface area (Å²) in [4.78, 5) is 27.5. The van der Waals surface area contributed by atoms with Crippen LogP contribution in [-0.4, -0.2) is 18.4 Å². The molecule has 0 unspecified atom stereocenters. The minimum Gasteiger partial charge on any atom is -0.435 e. The van der Waals surface area contributed by atoms with Gasteiger partial charge in [-0.1, -0.05) is 42.5 Å². The molecule has 37 heavy (non-hydrogen) atoms. The van der Waals surface area contributed by atoms with Crippen LogP contribution < -0.4 is 20.5 Å². The molecule has 6 nitrogen and oxygen atoms in total. The fourth-order valence-corrected chi connectivity index (χ4v) is 4.40. The molecule has 1 aliphatic heterocycles. The molecule has 1 heterocycles. The lowest BCUT2D eigenvalue weighted by atomic mass is 10.1. The number of carbonyl (C=O) groups excluding carboxylic acids is 2. The van der Waals surface area contributed by atoms with E-state index in [0.717, 1.165) is 22.0 Å². The van der Waals surface area contributed by atoms with Gasteiger partial charge in [0.05, 0.1) is 17.9 Å². The second kappa shape index (κ2) is 10.1. The van der Waals surface area contributed by atoms with E-state index in [-0.39, 0.29) is 17.6 Å². The Hall–Kier alpha value is -4.72. The summed E-state index contributed by atoms with van der Waals surface area (Å²) in [5.74, 6) is -0.335. The molecule has 4 aromatic rings. The lowest BCUT2D eigenvalue weighted by molar-refractivity contribution is -0.0498. The van der Waals surface area contributed by atoms with Crippen LogP contribution in [0.25, 0.3) is 16.5 Å². The summed E-state index contributed by atoms with van der Waals surface area (Å²) in [5, 5.41) is 2.00. The number of nitrogens with one attached hydrogen (secondary N) is 2. The molecule has 186 valence electrons. The van der Waals surface area contributed by atoms with Crippen molar-refractivity contribution in [1.82, 2.24) is 10.9 Å². The van der Waals surface area contributed by atoms with Gasteiger partial charge < -0.3 is 9.64 Å². The van der Waals surface area contributed by atoms with E-state index in [4.69, 9.17) is 0 Å². The van der Waals surface area contributed by atoms with Gasteiger partial charge in [0, 0.05) is 16.5 Å². The number of hydrazine groups is 1. The number of alkyl halides is 2. The quantitative estimate of drug-likeness (QED) is 0.296. The molecule has 0 saturated carbocycles. The molecule has 0 aromatic heterocycles. The maximum atomic E-state index is 13.0. The van der Waals surface area contributed by atoms with Crippen molar-refractivity contribution in [3.8, 4) is 5.75 Å². The number of benzene rings is 4. The van der Waals surface area contributed by atoms with Crippen LogP contribution in [0.1, 0.15) is 38.8 Å². The maximum absolute atomic E-state index is 13.0. The summed E-state index contributed by atoms with van der Waals surface area (Å²) >= 11 is 0. The van der Waals surface area contributed by atoms with Gasteiger partial charge in [-0.2, -0.15) is 8.78 Å². The summed E-state index contributed by atoms with van der Waals surface area (Å²) in [7, 11) is 0. The smallest absolute Gasteiger partial charge is 0.387 e. The molecule has 0 bridgehead atoms. The van der Waals surface area contributed by atoms with Gasteiger partial charge in [-0.05, 0) is 72.0 Å². The Balaban J connectivity index is 1.22. The van der Waals surface area contributed by atoms with Crippen molar-refractivity contribution in [2.24, 2.45) is 0 Å². The normalized spacial score (nSPS) is 12.8. The van der Waals surface area contributed by atoms with Gasteiger partial charge in [0.25, 0.3) is 11.8 Å². The van der Waals surface area contributed by atoms with Crippen LogP contribution in [0.3, 0.4) is 0 Å². The molecule has 0 aliphatic carbocycles. The molecule has 0 saturated heterocycles. The molecular weight excluding hydrogens is 476 g/mol. The highest BCUT2D eigenvalue weighted by Gasteiger charge is 2.29. The maximum Gasteiger partial charge on any atom is 0.387 e. The largest absolute Gasteiger partial charge is 0.435 e. The zero-order valence-corrected chi connectivity index (χ0v) is 19.9. The Morgan fingerprint density at radius 3 is 2.27 bits per heavy atom. The molecule has 0 spiro atoms. The third-order valence-corrected chi connectivity index (χ3v) is 6.20. The van der Waals surface area contributed by atoms with E-state index < -0.39 is 6.61 Å². The Morgan fingerprint density at radius 1 is 0.919 bits per heavy atom. The average Bonchev–Trinajstić information content (AvgIpc) is 3.18. The van der Waals surface area contributed by atoms with Crippen LogP contribution in [0, 0.1) is 0 Å². The van der Waals surface area contributed by atoms with Crippen molar-refractivity contribution in [2.75, 3.05) is 4.90 Å². The van der Waals surface area contributed by atoms with E-state index in [9.17, 15) is 18.4 Å². The minimum absolute atomic E-state index is 0.0366. The number of hydrogen-bond acceptors (Lipinski definition) is 4. The number of anilines is 1. The first-order chi connectivity index (χ1) is 17.9. The Morgan fingerprint density at radius 2 is 1.59 bits per heavy atom. The first-order valence-corrected chi connectivity index (χ1v) is 11.6. The number of rotatable bonds is 8. The fraction of sp³-hybridized carbons (Fsp3) is 0.103. The molecule has 4 aromatic carbocycles. The SMILES string of the molecule is C/C=C(\NNC(=O)c1ccc(CN2C(=O)c3cccc4cccc2c34)cc1)c1ccc(OC(F)F)cc1. The zero-order chi connectivity index (χ0) is 25.9. The Labute approximate surface area is 212 Å². The van der Waals surface area contributed by atoms with Crippen LogP contribution in [0.5, 0.6) is 5.75 Å². The van der Waals surface area contributed by atoms with E-state index >= 15 is 0 Å². The van der Waals surface area contributed by atoms with Crippen molar-refractivity contribution in [2.45, 2.75) is 20.1 Å². The number of hydrogen-bond donors (Lipinski definition) is 2. The van der Waals surface area contributed by atoms with Crippen molar-refractivity contribution in [3.05, 3.63) is 113 Å². The van der Waals surface area contributed by atoms with E-state index in [0.29, 0.717) is 28.9 Å². The van der Waals surface area contributed by atoms with Gasteiger partial charge >= 0.3 is 6.61 Å². The third kappa shape index (κ3) is 4.86. The lowest BCUT2D eigenvalue weighted by Gasteiger charge is -2.18. The minimum atomic E-state index is -2.89. The predicted octanol–water partition coefficient (Wildman–Crippen LogP) is 5.90. The molecule has 0 radical (unpaired) electrons. The highest BCUT2D eigenvalue weighted by molar-refractivity contribution is 6.24. The molecule has 2 amide bonds. The van der Waals surface area contributed by atoms with Gasteiger partial charge in [-0.15, -0.1) is 0 Å². The predicted molar refractivity (Wildman–Crippen MR) is 138 cm³/mol. The molecular formula is C29H23F2N3O3. The van der Waals surface area contributed by atoms with Crippen LogP contribution in [0.15, 0.2) is 91.0 Å². The number of amides is 2. The Kier molecular flexibility index (Phi) is 6.55. The lowest BCUT2D eigenvalue weighted by Crippen LogP contribution is -2.36. The van der Waals surface area contributed by atoms with Gasteiger partial charge in [0.1, 0.15) is 5.75 Å². The van der Waals surface area contributed by atoms with Gasteiger partial charge in [-0.25, -0.2) is 0 Å². The fourth-order valence-electron chi connectivity index (χ4n) is 4.40. The van der Waals surface area contributed by atoms with Crippen molar-refractivity contribution in [3.63, 3.8) is 0 Å². The molecule has 8 heteroatoms. The monoisotopic (exact) mass is 499 g/mol. The molecule has 1 aliphatic rings. The van der Waals surface area contributed by atoms with Crippen LogP contribution in [0.4, 0.5) is 14.5 Å². The van der Waals surface area contributed by atoms with Crippen molar-refractivity contribution >= 4 is 34.0 Å². The second-order valence-corrected chi connectivity index (χ2v) is 8.45. The zero-order valence-electron chi connectivity index (χ0n) is 19.9. The summed E-state index contributed by atoms with van der Waals surface area (Å²) in [5.41, 5.74) is 9.70. The molecule has 0 atom stereocenters. The summed E-state index contributed by atoms with van der Waals surface area (Å²) in [6.07, 6.45) is 1.75. The molecule has 0 fully saturated rings. The topological polar surface area (TPSA) is 70.7 Å². The summed E-state index contributed by atoms with van der Waals surface area (Å²) < 4.78 is 29.1. The van der Waals surface area contributed by atoms with E-state index in [1.165, 1.54) is 12.1 Å². The van der Waals surface area contributed by atoms with Crippen LogP contribution in [-0.2, 0) is 6.54 Å². The number of carbonyl (C=O) groups is 2. The molecule has 5 rings (SSSR count). The van der Waals surface area contributed by atoms with E-state index in [2.05, 4.69) is 15.6 Å². The first-order valence-electron chi connectivity index (χ1n) is 11.6. The number of allylic oxidation sites excluding steroid dienone is 1. The first kappa shape index (κ1) is 24.0. The van der Waals surface area contributed by atoms with Gasteiger partial charge in [0.2, 0.25) is 0 Å². The standard InChI is InChI=1S/C29H23F2N3O3/c1-2-24(19-13-15-22(16-14-19)37-29(30)31)32-33-27(35)21-11-9-18(10-12-21)17-34-25-8-4-6-20-5-3-7-23(26(20)25)28(34)36/h2-16,29,32H,17H2,1H3,(H,33,35)/b24-2-. The second-order valence-electron chi connectivity index (χ2n) is 8.45. The highest BCUT2D eigenvalue weighted by Crippen LogP contribution is 2.38. The van der Waals surface area contributed by atoms with Crippen molar-refractivity contribution in [1.29, 1.82) is 0 Å². The average molecular weight is 500 g/mol. The van der Waals surface area contributed by atoms with Crippen molar-refractivity contribution < 1.29 is 23.1 Å². The Bertz CT molecular complexity index is 1490. The van der Waals surface area contributed by atoms with E-state index in [1.54, 1.807) is 42.2 Å². The number of halogens is 2. The van der Waals surface area contributed by atoms with E-state index in [1.807, 2.05) is 48.5 Å². The summed E-state index contributed by atoms with van der Waals surface area (Å²) in [6, 6.07) is 24.7. The van der Waals surface area contributed by atoms with Crippen LogP contribution in [0.2, 0.25) is 0 Å². The highest BCUT2D eigenvalue weighted by atomic mass is 19.3. The van der Waals surface area contributed by atoms with Gasteiger partial charge in [0.15, 0.2) is 0 Å². The van der Waals surface area contributed by atoms with Gasteiger partial charge in [-0.3, -0.25) is 20.4 Å². The number of nitrogens with zero attached hydrogens (tertiary/aromatic N) is 1. The number of ether oxygens (including phenoxy) is 1.